The lowest BCUT2D eigenvalue weighted by Crippen LogP contribution is -2.40. The van der Waals surface area contributed by atoms with Crippen molar-refractivity contribution in [1.82, 2.24) is 5.32 Å². The van der Waals surface area contributed by atoms with Gasteiger partial charge >= 0.3 is 0 Å². The molecule has 0 saturated carbocycles. The van der Waals surface area contributed by atoms with Crippen molar-refractivity contribution in [2.24, 2.45) is 0 Å². The topological polar surface area (TPSA) is 66.5 Å². The zero-order valence-electron chi connectivity index (χ0n) is 14.7. The largest absolute Gasteiger partial charge is 0.350 e. The van der Waals surface area contributed by atoms with Gasteiger partial charge in [0.15, 0.2) is 0 Å². The summed E-state index contributed by atoms with van der Waals surface area (Å²) in [5.74, 6) is -0.373. The van der Waals surface area contributed by atoms with Crippen LogP contribution in [0.2, 0.25) is 0 Å². The van der Waals surface area contributed by atoms with E-state index in [4.69, 9.17) is 0 Å². The molecule has 3 aromatic carbocycles. The molecule has 1 N–H and O–H groups in total. The zero-order chi connectivity index (χ0) is 19.1. The average Bonchev–Trinajstić information content (AvgIpc) is 2.72. The smallest absolute Gasteiger partial charge is 0.264 e. The van der Waals surface area contributed by atoms with Crippen LogP contribution in [0.3, 0.4) is 0 Å². The first kappa shape index (κ1) is 18.7. The number of carbonyl (C=O) groups excluding carboxylic acids is 1. The third kappa shape index (κ3) is 4.74. The van der Waals surface area contributed by atoms with Crippen molar-refractivity contribution in [3.05, 3.63) is 96.6 Å². The maximum Gasteiger partial charge on any atom is 0.264 e. The van der Waals surface area contributed by atoms with Crippen LogP contribution in [-0.2, 0) is 21.4 Å². The normalized spacial score (nSPS) is 11.0. The van der Waals surface area contributed by atoms with Gasteiger partial charge in [0.1, 0.15) is 6.54 Å². The number of hydrogen-bond acceptors (Lipinski definition) is 3. The molecule has 0 aromatic heterocycles. The van der Waals surface area contributed by atoms with Crippen LogP contribution in [-0.4, -0.2) is 20.9 Å². The minimum atomic E-state index is -3.86. The van der Waals surface area contributed by atoms with E-state index in [-0.39, 0.29) is 17.3 Å². The highest BCUT2D eigenvalue weighted by atomic mass is 32.2. The summed E-state index contributed by atoms with van der Waals surface area (Å²) in [6.07, 6.45) is 0. The Morgan fingerprint density at radius 3 is 1.89 bits per heavy atom. The van der Waals surface area contributed by atoms with Gasteiger partial charge in [-0.2, -0.15) is 0 Å². The number of amides is 1. The van der Waals surface area contributed by atoms with E-state index >= 15 is 0 Å². The lowest BCUT2D eigenvalue weighted by atomic mass is 10.2. The van der Waals surface area contributed by atoms with Crippen LogP contribution in [0.4, 0.5) is 5.69 Å². The number of carbonyl (C=O) groups is 1. The molecule has 1 amide bonds. The standard InChI is InChI=1S/C21H20N2O3S/c24-21(22-16-18-10-4-1-5-11-18)17-23(19-12-6-2-7-13-19)27(25,26)20-14-8-3-9-15-20/h1-15H,16-17H2,(H,22,24). The van der Waals surface area contributed by atoms with Gasteiger partial charge in [-0.15, -0.1) is 0 Å². The Bertz CT molecular complexity index is 976. The molecule has 0 aliphatic rings. The Morgan fingerprint density at radius 2 is 1.30 bits per heavy atom. The molecule has 0 unspecified atom stereocenters. The van der Waals surface area contributed by atoms with Crippen LogP contribution in [0, 0.1) is 0 Å². The van der Waals surface area contributed by atoms with Crippen LogP contribution < -0.4 is 9.62 Å². The fraction of sp³-hybridized carbons (Fsp3) is 0.0952. The van der Waals surface area contributed by atoms with Crippen LogP contribution in [0.1, 0.15) is 5.56 Å². The van der Waals surface area contributed by atoms with Gasteiger partial charge in [0.05, 0.1) is 10.6 Å². The molecule has 0 radical (unpaired) electrons. The molecule has 138 valence electrons. The SMILES string of the molecule is O=C(CN(c1ccccc1)S(=O)(=O)c1ccccc1)NCc1ccccc1. The van der Waals surface area contributed by atoms with Crippen molar-refractivity contribution in [3.8, 4) is 0 Å². The molecular formula is C21H20N2O3S. The number of rotatable bonds is 7. The van der Waals surface area contributed by atoms with Gasteiger partial charge in [-0.3, -0.25) is 9.10 Å². The van der Waals surface area contributed by atoms with Gasteiger partial charge < -0.3 is 5.32 Å². The Kier molecular flexibility index (Phi) is 5.88. The van der Waals surface area contributed by atoms with E-state index in [1.54, 1.807) is 48.5 Å². The maximum absolute atomic E-state index is 13.1. The number of sulfonamides is 1. The first-order chi connectivity index (χ1) is 13.1. The molecule has 27 heavy (non-hydrogen) atoms. The quantitative estimate of drug-likeness (QED) is 0.684. The van der Waals surface area contributed by atoms with Gasteiger partial charge in [0.2, 0.25) is 5.91 Å². The maximum atomic E-state index is 13.1. The summed E-state index contributed by atoms with van der Waals surface area (Å²) in [7, 11) is -3.86. The fourth-order valence-corrected chi connectivity index (χ4v) is 4.05. The average molecular weight is 380 g/mol. The monoisotopic (exact) mass is 380 g/mol. The fourth-order valence-electron chi connectivity index (χ4n) is 2.61. The first-order valence-corrected chi connectivity index (χ1v) is 9.95. The van der Waals surface area contributed by atoms with E-state index in [9.17, 15) is 13.2 Å². The van der Waals surface area contributed by atoms with Crippen LogP contribution in [0.5, 0.6) is 0 Å². The Morgan fingerprint density at radius 1 is 0.778 bits per heavy atom. The number of nitrogens with zero attached hydrogens (tertiary/aromatic N) is 1. The Hall–Kier alpha value is -3.12. The van der Waals surface area contributed by atoms with Crippen LogP contribution in [0.25, 0.3) is 0 Å². The van der Waals surface area contributed by atoms with E-state index in [0.29, 0.717) is 12.2 Å². The van der Waals surface area contributed by atoms with Gasteiger partial charge in [0.25, 0.3) is 10.0 Å². The predicted octanol–water partition coefficient (Wildman–Crippen LogP) is 3.20. The number of anilines is 1. The van der Waals surface area contributed by atoms with E-state index < -0.39 is 10.0 Å². The number of nitrogens with one attached hydrogen (secondary N) is 1. The number of benzene rings is 3. The summed E-state index contributed by atoms with van der Waals surface area (Å²) in [6, 6.07) is 26.2. The highest BCUT2D eigenvalue weighted by molar-refractivity contribution is 7.92. The van der Waals surface area contributed by atoms with Crippen molar-refractivity contribution in [1.29, 1.82) is 0 Å². The number of hydrogen-bond donors (Lipinski definition) is 1. The minimum Gasteiger partial charge on any atom is -0.350 e. The first-order valence-electron chi connectivity index (χ1n) is 8.51. The summed E-state index contributed by atoms with van der Waals surface area (Å²) in [5.41, 5.74) is 1.39. The zero-order valence-corrected chi connectivity index (χ0v) is 15.5. The second kappa shape index (κ2) is 8.51. The van der Waals surface area contributed by atoms with Gasteiger partial charge in [-0.1, -0.05) is 66.7 Å². The van der Waals surface area contributed by atoms with E-state index in [1.807, 2.05) is 30.3 Å². The lowest BCUT2D eigenvalue weighted by molar-refractivity contribution is -0.119. The molecule has 0 saturated heterocycles. The lowest BCUT2D eigenvalue weighted by Gasteiger charge is -2.24. The van der Waals surface area contributed by atoms with Gasteiger partial charge in [-0.25, -0.2) is 8.42 Å². The van der Waals surface area contributed by atoms with E-state index in [2.05, 4.69) is 5.32 Å². The molecule has 0 spiro atoms. The predicted molar refractivity (Wildman–Crippen MR) is 106 cm³/mol. The second-order valence-corrected chi connectivity index (χ2v) is 7.78. The van der Waals surface area contributed by atoms with Crippen molar-refractivity contribution >= 4 is 21.6 Å². The summed E-state index contributed by atoms with van der Waals surface area (Å²) >= 11 is 0. The molecule has 0 fully saturated rings. The minimum absolute atomic E-state index is 0.143. The molecular weight excluding hydrogens is 360 g/mol. The molecule has 3 rings (SSSR count). The Labute approximate surface area is 159 Å². The van der Waals surface area contributed by atoms with Crippen molar-refractivity contribution < 1.29 is 13.2 Å². The van der Waals surface area contributed by atoms with Crippen molar-refractivity contribution in [2.75, 3.05) is 10.8 Å². The summed E-state index contributed by atoms with van der Waals surface area (Å²) in [4.78, 5) is 12.6. The van der Waals surface area contributed by atoms with Gasteiger partial charge in [0, 0.05) is 6.54 Å². The molecule has 0 atom stereocenters. The molecule has 0 heterocycles. The van der Waals surface area contributed by atoms with Crippen molar-refractivity contribution in [3.63, 3.8) is 0 Å². The van der Waals surface area contributed by atoms with Crippen LogP contribution in [0.15, 0.2) is 95.9 Å². The van der Waals surface area contributed by atoms with Crippen molar-refractivity contribution in [2.45, 2.75) is 11.4 Å². The second-order valence-electron chi connectivity index (χ2n) is 5.92. The third-order valence-electron chi connectivity index (χ3n) is 4.00. The molecule has 0 aliphatic carbocycles. The highest BCUT2D eigenvalue weighted by Gasteiger charge is 2.26. The highest BCUT2D eigenvalue weighted by Crippen LogP contribution is 2.23. The van der Waals surface area contributed by atoms with Crippen LogP contribution >= 0.6 is 0 Å². The van der Waals surface area contributed by atoms with Gasteiger partial charge in [-0.05, 0) is 29.8 Å². The van der Waals surface area contributed by atoms with E-state index in [0.717, 1.165) is 9.87 Å². The number of para-hydroxylation sites is 1. The summed E-state index contributed by atoms with van der Waals surface area (Å²) < 4.78 is 27.3. The molecule has 5 nitrogen and oxygen atoms in total. The Balaban J connectivity index is 1.82. The van der Waals surface area contributed by atoms with E-state index in [1.165, 1.54) is 12.1 Å². The molecule has 6 heteroatoms. The molecule has 3 aromatic rings. The summed E-state index contributed by atoms with van der Waals surface area (Å²) in [5, 5.41) is 2.78. The third-order valence-corrected chi connectivity index (χ3v) is 5.78. The molecule has 0 bridgehead atoms. The molecule has 0 aliphatic heterocycles. The summed E-state index contributed by atoms with van der Waals surface area (Å²) in [6.45, 7) is 0.0434.